The Hall–Kier alpha value is -1.66. The number of hydrogen-bond acceptors (Lipinski definition) is 4. The van der Waals surface area contributed by atoms with Crippen LogP contribution < -0.4 is 10.9 Å². The van der Waals surface area contributed by atoms with Crippen LogP contribution in [0.2, 0.25) is 0 Å². The maximum Gasteiger partial charge on any atom is 0.261 e. The molecule has 1 fully saturated rings. The molecule has 1 aromatic rings. The molecule has 1 heterocycles. The first kappa shape index (κ1) is 13.8. The van der Waals surface area contributed by atoms with Crippen molar-refractivity contribution in [3.8, 4) is 0 Å². The normalized spacial score (nSPS) is 14.7. The van der Waals surface area contributed by atoms with Crippen molar-refractivity contribution in [1.29, 1.82) is 0 Å². The van der Waals surface area contributed by atoms with E-state index in [0.717, 1.165) is 18.5 Å². The van der Waals surface area contributed by atoms with Gasteiger partial charge in [0.15, 0.2) is 6.29 Å². The SMILES string of the molecule is COC(CNC(=O)c1ccc(C2CC2)[nH]c1=O)OC. The number of amides is 1. The number of rotatable bonds is 6. The average Bonchev–Trinajstić information content (AvgIpc) is 3.23. The molecule has 0 saturated heterocycles. The summed E-state index contributed by atoms with van der Waals surface area (Å²) in [6, 6.07) is 3.37. The second kappa shape index (κ2) is 5.99. The monoisotopic (exact) mass is 266 g/mol. The molecule has 1 aromatic heterocycles. The molecule has 0 aromatic carbocycles. The number of aromatic amines is 1. The van der Waals surface area contributed by atoms with Crippen LogP contribution in [0.1, 0.15) is 34.8 Å². The van der Waals surface area contributed by atoms with Crippen molar-refractivity contribution < 1.29 is 14.3 Å². The average molecular weight is 266 g/mol. The maximum atomic E-state index is 11.9. The predicted octanol–water partition coefficient (Wildman–Crippen LogP) is 0.601. The van der Waals surface area contributed by atoms with Crippen LogP contribution in [0.4, 0.5) is 0 Å². The maximum absolute atomic E-state index is 11.9. The number of ether oxygens (including phenoxy) is 2. The summed E-state index contributed by atoms with van der Waals surface area (Å²) in [5, 5.41) is 2.60. The van der Waals surface area contributed by atoms with Gasteiger partial charge in [-0.15, -0.1) is 0 Å². The molecule has 0 spiro atoms. The van der Waals surface area contributed by atoms with Gasteiger partial charge in [-0.3, -0.25) is 9.59 Å². The first-order chi connectivity index (χ1) is 9.15. The van der Waals surface area contributed by atoms with Gasteiger partial charge in [0.2, 0.25) is 0 Å². The van der Waals surface area contributed by atoms with Crippen LogP contribution in [0.15, 0.2) is 16.9 Å². The van der Waals surface area contributed by atoms with Crippen LogP contribution in [0.5, 0.6) is 0 Å². The Kier molecular flexibility index (Phi) is 4.34. The van der Waals surface area contributed by atoms with Crippen LogP contribution >= 0.6 is 0 Å². The van der Waals surface area contributed by atoms with Gasteiger partial charge in [0.1, 0.15) is 5.56 Å². The zero-order valence-electron chi connectivity index (χ0n) is 11.1. The Morgan fingerprint density at radius 3 is 2.63 bits per heavy atom. The fraction of sp³-hybridized carbons (Fsp3) is 0.538. The smallest absolute Gasteiger partial charge is 0.261 e. The molecule has 1 amide bonds. The van der Waals surface area contributed by atoms with E-state index in [1.54, 1.807) is 12.1 Å². The molecule has 0 unspecified atom stereocenters. The first-order valence-corrected chi connectivity index (χ1v) is 6.22. The van der Waals surface area contributed by atoms with Crippen molar-refractivity contribution in [1.82, 2.24) is 10.3 Å². The Labute approximate surface area is 111 Å². The molecule has 1 aliphatic carbocycles. The summed E-state index contributed by atoms with van der Waals surface area (Å²) in [6.45, 7) is 0.190. The van der Waals surface area contributed by atoms with Crippen LogP contribution in [0.25, 0.3) is 0 Å². The predicted molar refractivity (Wildman–Crippen MR) is 69.2 cm³/mol. The number of pyridine rings is 1. The summed E-state index contributed by atoms with van der Waals surface area (Å²) >= 11 is 0. The summed E-state index contributed by atoms with van der Waals surface area (Å²) in [5.41, 5.74) is 0.664. The third kappa shape index (κ3) is 3.42. The van der Waals surface area contributed by atoms with Crippen molar-refractivity contribution in [3.63, 3.8) is 0 Å². The Bertz CT molecular complexity index is 504. The molecule has 2 rings (SSSR count). The lowest BCUT2D eigenvalue weighted by molar-refractivity contribution is -0.0974. The number of aromatic nitrogens is 1. The van der Waals surface area contributed by atoms with Crippen molar-refractivity contribution in [2.24, 2.45) is 0 Å². The minimum Gasteiger partial charge on any atom is -0.354 e. The molecule has 0 atom stereocenters. The molecule has 2 N–H and O–H groups in total. The van der Waals surface area contributed by atoms with E-state index >= 15 is 0 Å². The van der Waals surface area contributed by atoms with Gasteiger partial charge in [-0.05, 0) is 30.9 Å². The van der Waals surface area contributed by atoms with Crippen LogP contribution in [0, 0.1) is 0 Å². The van der Waals surface area contributed by atoms with E-state index in [9.17, 15) is 9.59 Å². The van der Waals surface area contributed by atoms with Crippen molar-refractivity contribution in [3.05, 3.63) is 33.7 Å². The number of carbonyl (C=O) groups is 1. The molecular formula is C13H18N2O4. The topological polar surface area (TPSA) is 80.4 Å². The van der Waals surface area contributed by atoms with Crippen molar-refractivity contribution >= 4 is 5.91 Å². The standard InChI is InChI=1S/C13H18N2O4/c1-18-11(19-2)7-14-12(16)9-5-6-10(8-3-4-8)15-13(9)17/h5-6,8,11H,3-4,7H2,1-2H3,(H,14,16)(H,15,17). The molecule has 1 saturated carbocycles. The van der Waals surface area contributed by atoms with Gasteiger partial charge in [-0.2, -0.15) is 0 Å². The van der Waals surface area contributed by atoms with E-state index in [4.69, 9.17) is 9.47 Å². The first-order valence-electron chi connectivity index (χ1n) is 6.22. The fourth-order valence-electron chi connectivity index (χ4n) is 1.83. The van der Waals surface area contributed by atoms with Gasteiger partial charge >= 0.3 is 0 Å². The lowest BCUT2D eigenvalue weighted by Gasteiger charge is -2.13. The molecule has 0 aliphatic heterocycles. The summed E-state index contributed by atoms with van der Waals surface area (Å²) in [4.78, 5) is 26.4. The number of hydrogen-bond donors (Lipinski definition) is 2. The molecule has 0 bridgehead atoms. The summed E-state index contributed by atoms with van der Waals surface area (Å²) in [6.07, 6.45) is 1.68. The minimum atomic E-state index is -0.520. The highest BCUT2D eigenvalue weighted by Crippen LogP contribution is 2.38. The third-order valence-electron chi connectivity index (χ3n) is 3.15. The zero-order valence-corrected chi connectivity index (χ0v) is 11.1. The largest absolute Gasteiger partial charge is 0.354 e. The van der Waals surface area contributed by atoms with Gasteiger partial charge in [0.05, 0.1) is 6.54 Å². The highest BCUT2D eigenvalue weighted by atomic mass is 16.7. The van der Waals surface area contributed by atoms with Gasteiger partial charge in [0.25, 0.3) is 11.5 Å². The van der Waals surface area contributed by atoms with E-state index < -0.39 is 12.2 Å². The summed E-state index contributed by atoms with van der Waals surface area (Å²) < 4.78 is 9.90. The third-order valence-corrected chi connectivity index (χ3v) is 3.15. The van der Waals surface area contributed by atoms with E-state index in [1.807, 2.05) is 0 Å². The molecule has 19 heavy (non-hydrogen) atoms. The van der Waals surface area contributed by atoms with Gasteiger partial charge < -0.3 is 19.8 Å². The Morgan fingerprint density at radius 1 is 1.42 bits per heavy atom. The zero-order chi connectivity index (χ0) is 13.8. The Morgan fingerprint density at radius 2 is 2.11 bits per heavy atom. The number of nitrogens with one attached hydrogen (secondary N) is 2. The second-order valence-corrected chi connectivity index (χ2v) is 4.54. The van der Waals surface area contributed by atoms with Gasteiger partial charge in [0, 0.05) is 19.9 Å². The molecule has 0 radical (unpaired) electrons. The van der Waals surface area contributed by atoms with Crippen LogP contribution in [0.3, 0.4) is 0 Å². The second-order valence-electron chi connectivity index (χ2n) is 4.54. The highest BCUT2D eigenvalue weighted by molar-refractivity contribution is 5.93. The molecule has 6 heteroatoms. The summed E-state index contributed by atoms with van der Waals surface area (Å²) in [5.74, 6) is 0.0267. The van der Waals surface area contributed by atoms with Gasteiger partial charge in [-0.1, -0.05) is 0 Å². The quantitative estimate of drug-likeness (QED) is 0.739. The molecule has 104 valence electrons. The summed E-state index contributed by atoms with van der Waals surface area (Å²) in [7, 11) is 2.97. The lowest BCUT2D eigenvalue weighted by atomic mass is 10.2. The molecular weight excluding hydrogens is 248 g/mol. The van der Waals surface area contributed by atoms with Crippen LogP contribution in [-0.4, -0.2) is 37.9 Å². The molecule has 6 nitrogen and oxygen atoms in total. The van der Waals surface area contributed by atoms with Crippen molar-refractivity contribution in [2.45, 2.75) is 25.0 Å². The highest BCUT2D eigenvalue weighted by Gasteiger charge is 2.25. The van der Waals surface area contributed by atoms with Crippen LogP contribution in [-0.2, 0) is 9.47 Å². The minimum absolute atomic E-state index is 0.107. The van der Waals surface area contributed by atoms with E-state index in [-0.39, 0.29) is 17.7 Å². The molecule has 1 aliphatic rings. The number of methoxy groups -OCH3 is 2. The Balaban J connectivity index is 2.00. The van der Waals surface area contributed by atoms with E-state index in [2.05, 4.69) is 10.3 Å². The number of H-pyrrole nitrogens is 1. The fourth-order valence-corrected chi connectivity index (χ4v) is 1.83. The number of carbonyl (C=O) groups excluding carboxylic acids is 1. The van der Waals surface area contributed by atoms with E-state index in [1.165, 1.54) is 14.2 Å². The van der Waals surface area contributed by atoms with Crippen molar-refractivity contribution in [2.75, 3.05) is 20.8 Å². The van der Waals surface area contributed by atoms with Gasteiger partial charge in [-0.25, -0.2) is 0 Å². The van der Waals surface area contributed by atoms with E-state index in [0.29, 0.717) is 5.92 Å². The lowest BCUT2D eigenvalue weighted by Crippen LogP contribution is -2.36.